The van der Waals surface area contributed by atoms with Crippen molar-refractivity contribution >= 4 is 23.1 Å². The molecule has 0 bridgehead atoms. The summed E-state index contributed by atoms with van der Waals surface area (Å²) in [6.45, 7) is 0. The number of nitrogens with zero attached hydrogens (tertiary/aromatic N) is 2. The van der Waals surface area contributed by atoms with Gasteiger partial charge < -0.3 is 5.11 Å². The van der Waals surface area contributed by atoms with E-state index in [2.05, 4.69) is 20.2 Å². The Bertz CT molecular complexity index is 542. The second kappa shape index (κ2) is 2.83. The van der Waals surface area contributed by atoms with Crippen LogP contribution < -0.4 is 10.9 Å². The molecule has 0 spiro atoms. The minimum atomic E-state index is -1.30. The van der Waals surface area contributed by atoms with Crippen LogP contribution in [0.25, 0.3) is 11.0 Å². The van der Waals surface area contributed by atoms with Crippen molar-refractivity contribution in [2.45, 2.75) is 0 Å². The molecule has 0 atom stereocenters. The van der Waals surface area contributed by atoms with Crippen LogP contribution in [0.5, 0.6) is 0 Å². The number of H-pyrrole nitrogens is 2. The normalized spacial score (nSPS) is 10.3. The first-order chi connectivity index (χ1) is 6.66. The van der Waals surface area contributed by atoms with Gasteiger partial charge in [-0.3, -0.25) is 20.2 Å². The highest BCUT2D eigenvalue weighted by Gasteiger charge is 2.06. The maximum Gasteiger partial charge on any atom is 0.411 e. The number of fused-ring (bicyclic) bond motifs is 1. The standard InChI is InChI=1S/C6H5N5O3/c12-4-3-2(1-7-11-3)8-5(9-4)10-6(13)14/h1H,(H,7,11)(H,13,14)(H2,8,9,10,12). The van der Waals surface area contributed by atoms with Gasteiger partial charge in [-0.05, 0) is 0 Å². The summed E-state index contributed by atoms with van der Waals surface area (Å²) in [6, 6.07) is 0. The number of anilines is 1. The van der Waals surface area contributed by atoms with Crippen LogP contribution in [0.2, 0.25) is 0 Å². The molecule has 2 rings (SSSR count). The molecule has 1 amide bonds. The van der Waals surface area contributed by atoms with Crippen molar-refractivity contribution in [2.24, 2.45) is 0 Å². The van der Waals surface area contributed by atoms with E-state index >= 15 is 0 Å². The summed E-state index contributed by atoms with van der Waals surface area (Å²) < 4.78 is 0. The summed E-state index contributed by atoms with van der Waals surface area (Å²) in [5.74, 6) is -0.128. The number of amides is 1. The third kappa shape index (κ3) is 1.28. The largest absolute Gasteiger partial charge is 0.465 e. The second-order valence-corrected chi connectivity index (χ2v) is 2.47. The van der Waals surface area contributed by atoms with Gasteiger partial charge in [0, 0.05) is 0 Å². The molecule has 8 nitrogen and oxygen atoms in total. The van der Waals surface area contributed by atoms with Crippen LogP contribution in [0.3, 0.4) is 0 Å². The Balaban J connectivity index is 2.58. The lowest BCUT2D eigenvalue weighted by atomic mass is 10.5. The number of nitrogens with one attached hydrogen (secondary N) is 3. The molecule has 0 radical (unpaired) electrons. The number of rotatable bonds is 1. The molecule has 0 aliphatic carbocycles. The molecule has 14 heavy (non-hydrogen) atoms. The van der Waals surface area contributed by atoms with Gasteiger partial charge in [0.05, 0.1) is 6.20 Å². The van der Waals surface area contributed by atoms with E-state index in [4.69, 9.17) is 5.11 Å². The number of hydrogen-bond acceptors (Lipinski definition) is 4. The van der Waals surface area contributed by atoms with Crippen molar-refractivity contribution in [3.8, 4) is 0 Å². The molecule has 2 aromatic heterocycles. The molecule has 2 aromatic rings. The molecule has 0 aliphatic rings. The topological polar surface area (TPSA) is 124 Å². The van der Waals surface area contributed by atoms with Crippen molar-refractivity contribution in [2.75, 3.05) is 5.32 Å². The third-order valence-corrected chi connectivity index (χ3v) is 1.54. The molecule has 0 fully saturated rings. The molecule has 0 aliphatic heterocycles. The van der Waals surface area contributed by atoms with Gasteiger partial charge in [0.15, 0.2) is 0 Å². The molecule has 0 saturated carbocycles. The van der Waals surface area contributed by atoms with Crippen molar-refractivity contribution in [3.05, 3.63) is 16.6 Å². The Labute approximate surface area is 76.0 Å². The number of carboxylic acid groups (broad SMARTS) is 1. The van der Waals surface area contributed by atoms with E-state index in [1.54, 1.807) is 0 Å². The maximum absolute atomic E-state index is 11.2. The summed E-state index contributed by atoms with van der Waals surface area (Å²) in [6.07, 6.45) is 0.0356. The fourth-order valence-electron chi connectivity index (χ4n) is 1.01. The highest BCUT2D eigenvalue weighted by Crippen LogP contribution is 2.03. The van der Waals surface area contributed by atoms with Gasteiger partial charge in [0.25, 0.3) is 5.56 Å². The monoisotopic (exact) mass is 195 g/mol. The maximum atomic E-state index is 11.2. The third-order valence-electron chi connectivity index (χ3n) is 1.54. The van der Waals surface area contributed by atoms with Crippen LogP contribution in [0, 0.1) is 0 Å². The first-order valence-corrected chi connectivity index (χ1v) is 3.60. The van der Waals surface area contributed by atoms with Gasteiger partial charge in [-0.1, -0.05) is 0 Å². The number of aromatic nitrogens is 4. The number of hydrogen-bond donors (Lipinski definition) is 4. The van der Waals surface area contributed by atoms with Gasteiger partial charge in [-0.2, -0.15) is 5.10 Å². The van der Waals surface area contributed by atoms with Gasteiger partial charge in [-0.25, -0.2) is 9.78 Å². The molecule has 4 N–H and O–H groups in total. The van der Waals surface area contributed by atoms with Crippen LogP contribution in [-0.4, -0.2) is 31.4 Å². The van der Waals surface area contributed by atoms with E-state index in [-0.39, 0.29) is 11.5 Å². The molecule has 0 saturated heterocycles. The van der Waals surface area contributed by atoms with Gasteiger partial charge in [-0.15, -0.1) is 0 Å². The Kier molecular flexibility index (Phi) is 1.67. The summed E-state index contributed by atoms with van der Waals surface area (Å²) in [5, 5.41) is 16.4. The minimum absolute atomic E-state index is 0.128. The fraction of sp³-hybridized carbons (Fsp3) is 0. The smallest absolute Gasteiger partial charge is 0.411 e. The van der Waals surface area contributed by atoms with Crippen molar-refractivity contribution in [1.82, 2.24) is 20.2 Å². The molecule has 8 heteroatoms. The molecule has 72 valence electrons. The Morgan fingerprint density at radius 1 is 1.57 bits per heavy atom. The van der Waals surface area contributed by atoms with Gasteiger partial charge in [0.2, 0.25) is 5.95 Å². The van der Waals surface area contributed by atoms with Crippen molar-refractivity contribution in [3.63, 3.8) is 0 Å². The molecule has 2 heterocycles. The van der Waals surface area contributed by atoms with Gasteiger partial charge in [0.1, 0.15) is 11.0 Å². The molecule has 0 unspecified atom stereocenters. The van der Waals surface area contributed by atoms with E-state index in [0.717, 1.165) is 0 Å². The van der Waals surface area contributed by atoms with Crippen molar-refractivity contribution in [1.29, 1.82) is 0 Å². The van der Waals surface area contributed by atoms with Crippen LogP contribution >= 0.6 is 0 Å². The van der Waals surface area contributed by atoms with E-state index in [0.29, 0.717) is 5.52 Å². The zero-order valence-electron chi connectivity index (χ0n) is 6.74. The Hall–Kier alpha value is -2.38. The molecule has 0 aromatic carbocycles. The van der Waals surface area contributed by atoms with E-state index in [1.807, 2.05) is 5.32 Å². The first kappa shape index (κ1) is 8.23. The summed E-state index contributed by atoms with van der Waals surface area (Å²) in [7, 11) is 0. The summed E-state index contributed by atoms with van der Waals surface area (Å²) >= 11 is 0. The van der Waals surface area contributed by atoms with Crippen LogP contribution in [-0.2, 0) is 0 Å². The fourth-order valence-corrected chi connectivity index (χ4v) is 1.01. The molecular weight excluding hydrogens is 190 g/mol. The summed E-state index contributed by atoms with van der Waals surface area (Å²) in [5.41, 5.74) is 0.0367. The zero-order chi connectivity index (χ0) is 10.1. The lowest BCUT2D eigenvalue weighted by molar-refractivity contribution is 0.209. The highest BCUT2D eigenvalue weighted by molar-refractivity contribution is 5.82. The highest BCUT2D eigenvalue weighted by atomic mass is 16.4. The zero-order valence-corrected chi connectivity index (χ0v) is 6.74. The van der Waals surface area contributed by atoms with Gasteiger partial charge >= 0.3 is 6.09 Å². The predicted octanol–water partition coefficient (Wildman–Crippen LogP) is -0.264. The predicted molar refractivity (Wildman–Crippen MR) is 46.2 cm³/mol. The van der Waals surface area contributed by atoms with Crippen LogP contribution in [0.4, 0.5) is 10.7 Å². The van der Waals surface area contributed by atoms with Crippen molar-refractivity contribution < 1.29 is 9.90 Å². The lowest BCUT2D eigenvalue weighted by Crippen LogP contribution is -2.16. The van der Waals surface area contributed by atoms with E-state index < -0.39 is 11.7 Å². The van der Waals surface area contributed by atoms with E-state index in [9.17, 15) is 9.59 Å². The average Bonchev–Trinajstić information content (AvgIpc) is 2.50. The summed E-state index contributed by atoms with van der Waals surface area (Å²) in [4.78, 5) is 27.5. The number of aromatic amines is 2. The quantitative estimate of drug-likeness (QED) is 0.498. The van der Waals surface area contributed by atoms with E-state index in [1.165, 1.54) is 6.20 Å². The molecular formula is C6H5N5O3. The minimum Gasteiger partial charge on any atom is -0.465 e. The number of carbonyl (C=O) groups is 1. The lowest BCUT2D eigenvalue weighted by Gasteiger charge is -1.97. The Morgan fingerprint density at radius 2 is 2.36 bits per heavy atom. The Morgan fingerprint density at radius 3 is 3.07 bits per heavy atom. The van der Waals surface area contributed by atoms with Crippen LogP contribution in [0.1, 0.15) is 0 Å². The first-order valence-electron chi connectivity index (χ1n) is 3.60. The SMILES string of the molecule is O=C(O)Nc1nc2cn[nH]c2c(=O)[nH]1. The average molecular weight is 195 g/mol. The second-order valence-electron chi connectivity index (χ2n) is 2.47. The van der Waals surface area contributed by atoms with Crippen LogP contribution in [0.15, 0.2) is 11.0 Å².